The Bertz CT molecular complexity index is 382. The summed E-state index contributed by atoms with van der Waals surface area (Å²) in [6.45, 7) is 5.76. The smallest absolute Gasteiger partial charge is 0.321 e. The van der Waals surface area contributed by atoms with Gasteiger partial charge in [-0.15, -0.1) is 0 Å². The fourth-order valence-electron chi connectivity index (χ4n) is 1.69. The maximum Gasteiger partial charge on any atom is 0.321 e. The van der Waals surface area contributed by atoms with Gasteiger partial charge >= 0.3 is 6.03 Å². The van der Waals surface area contributed by atoms with Crippen molar-refractivity contribution in [2.45, 2.75) is 33.1 Å². The van der Waals surface area contributed by atoms with E-state index in [1.807, 2.05) is 23.1 Å². The molecule has 0 saturated carbocycles. The fraction of sp³-hybridized carbons (Fsp3) is 0.500. The van der Waals surface area contributed by atoms with Crippen LogP contribution in [0.1, 0.15) is 33.1 Å². The van der Waals surface area contributed by atoms with Crippen molar-refractivity contribution in [1.82, 2.24) is 4.90 Å². The Balaban J connectivity index is 2.63. The molecule has 0 radical (unpaired) electrons. The zero-order valence-electron chi connectivity index (χ0n) is 11.1. The SMILES string of the molecule is CCCCN(CCC)C(=O)Nc1ccccc1Cl. The number of urea groups is 1. The van der Waals surface area contributed by atoms with Gasteiger partial charge < -0.3 is 10.2 Å². The number of carbonyl (C=O) groups is 1. The van der Waals surface area contributed by atoms with E-state index in [-0.39, 0.29) is 6.03 Å². The first kappa shape index (κ1) is 14.8. The lowest BCUT2D eigenvalue weighted by molar-refractivity contribution is 0.211. The van der Waals surface area contributed by atoms with E-state index < -0.39 is 0 Å². The van der Waals surface area contributed by atoms with Crippen LogP contribution in [-0.4, -0.2) is 24.0 Å². The first-order valence-electron chi connectivity index (χ1n) is 6.49. The van der Waals surface area contributed by atoms with Gasteiger partial charge in [-0.1, -0.05) is 44.0 Å². The molecule has 18 heavy (non-hydrogen) atoms. The minimum Gasteiger partial charge on any atom is -0.325 e. The highest BCUT2D eigenvalue weighted by atomic mass is 35.5. The van der Waals surface area contributed by atoms with Gasteiger partial charge in [0.25, 0.3) is 0 Å². The molecule has 0 fully saturated rings. The number of hydrogen-bond acceptors (Lipinski definition) is 1. The van der Waals surface area contributed by atoms with E-state index >= 15 is 0 Å². The first-order valence-corrected chi connectivity index (χ1v) is 6.87. The third-order valence-corrected chi connectivity index (χ3v) is 3.01. The van der Waals surface area contributed by atoms with Crippen LogP contribution in [0.25, 0.3) is 0 Å². The van der Waals surface area contributed by atoms with E-state index in [4.69, 9.17) is 11.6 Å². The highest BCUT2D eigenvalue weighted by Crippen LogP contribution is 2.20. The topological polar surface area (TPSA) is 32.3 Å². The molecule has 0 aliphatic heterocycles. The molecule has 0 unspecified atom stereocenters. The highest BCUT2D eigenvalue weighted by Gasteiger charge is 2.12. The third-order valence-electron chi connectivity index (χ3n) is 2.68. The summed E-state index contributed by atoms with van der Waals surface area (Å²) in [5.74, 6) is 0. The number of halogens is 1. The molecule has 0 bridgehead atoms. The van der Waals surface area contributed by atoms with Gasteiger partial charge in [0, 0.05) is 13.1 Å². The normalized spacial score (nSPS) is 10.2. The highest BCUT2D eigenvalue weighted by molar-refractivity contribution is 6.33. The summed E-state index contributed by atoms with van der Waals surface area (Å²) in [7, 11) is 0. The van der Waals surface area contributed by atoms with E-state index in [9.17, 15) is 4.79 Å². The number of nitrogens with one attached hydrogen (secondary N) is 1. The summed E-state index contributed by atoms with van der Waals surface area (Å²) < 4.78 is 0. The number of anilines is 1. The maximum atomic E-state index is 12.1. The number of unbranched alkanes of at least 4 members (excludes halogenated alkanes) is 1. The second-order valence-corrected chi connectivity index (χ2v) is 4.66. The molecule has 0 aliphatic carbocycles. The number of nitrogens with zero attached hydrogens (tertiary/aromatic N) is 1. The number of hydrogen-bond donors (Lipinski definition) is 1. The molecule has 1 aromatic carbocycles. The van der Waals surface area contributed by atoms with Crippen LogP contribution in [0.5, 0.6) is 0 Å². The molecule has 0 spiro atoms. The van der Waals surface area contributed by atoms with Crippen molar-refractivity contribution in [2.75, 3.05) is 18.4 Å². The first-order chi connectivity index (χ1) is 8.69. The molecule has 1 N–H and O–H groups in total. The van der Waals surface area contributed by atoms with Crippen LogP contribution in [-0.2, 0) is 0 Å². The molecule has 0 heterocycles. The second kappa shape index (κ2) is 7.98. The molecule has 4 heteroatoms. The number of benzene rings is 1. The van der Waals surface area contributed by atoms with E-state index in [0.717, 1.165) is 32.4 Å². The minimum atomic E-state index is -0.0709. The van der Waals surface area contributed by atoms with Crippen molar-refractivity contribution in [1.29, 1.82) is 0 Å². The third kappa shape index (κ3) is 4.57. The maximum absolute atomic E-state index is 12.1. The van der Waals surface area contributed by atoms with Gasteiger partial charge in [0.05, 0.1) is 10.7 Å². The number of rotatable bonds is 6. The molecule has 3 nitrogen and oxygen atoms in total. The van der Waals surface area contributed by atoms with E-state index in [2.05, 4.69) is 19.2 Å². The Morgan fingerprint density at radius 1 is 1.22 bits per heavy atom. The summed E-state index contributed by atoms with van der Waals surface area (Å²) in [6.07, 6.45) is 3.06. The molecular weight excluding hydrogens is 248 g/mol. The van der Waals surface area contributed by atoms with Gasteiger partial charge in [-0.3, -0.25) is 0 Å². The number of amides is 2. The quantitative estimate of drug-likeness (QED) is 0.816. The van der Waals surface area contributed by atoms with Crippen molar-refractivity contribution in [3.63, 3.8) is 0 Å². The van der Waals surface area contributed by atoms with E-state index in [1.165, 1.54) is 0 Å². The summed E-state index contributed by atoms with van der Waals surface area (Å²) in [5.41, 5.74) is 0.668. The van der Waals surface area contributed by atoms with Crippen molar-refractivity contribution < 1.29 is 4.79 Å². The Morgan fingerprint density at radius 3 is 2.56 bits per heavy atom. The summed E-state index contributed by atoms with van der Waals surface area (Å²) >= 11 is 6.02. The molecule has 2 amide bonds. The molecule has 1 aromatic rings. The average Bonchev–Trinajstić information content (AvgIpc) is 2.37. The van der Waals surface area contributed by atoms with Crippen LogP contribution >= 0.6 is 11.6 Å². The molecule has 100 valence electrons. The summed E-state index contributed by atoms with van der Waals surface area (Å²) in [5, 5.41) is 3.43. The largest absolute Gasteiger partial charge is 0.325 e. The van der Waals surface area contributed by atoms with E-state index in [0.29, 0.717) is 10.7 Å². The van der Waals surface area contributed by atoms with Gasteiger partial charge in [0.15, 0.2) is 0 Å². The molecule has 0 atom stereocenters. The molecule has 0 aliphatic rings. The Morgan fingerprint density at radius 2 is 1.94 bits per heavy atom. The van der Waals surface area contributed by atoms with Crippen molar-refractivity contribution in [2.24, 2.45) is 0 Å². The van der Waals surface area contributed by atoms with Crippen LogP contribution < -0.4 is 5.32 Å². The summed E-state index contributed by atoms with van der Waals surface area (Å²) in [4.78, 5) is 14.0. The average molecular weight is 269 g/mol. The zero-order valence-corrected chi connectivity index (χ0v) is 11.8. The molecule has 1 rings (SSSR count). The second-order valence-electron chi connectivity index (χ2n) is 4.25. The predicted octanol–water partition coefficient (Wildman–Crippen LogP) is 4.38. The van der Waals surface area contributed by atoms with Gasteiger partial charge in [-0.2, -0.15) is 0 Å². The van der Waals surface area contributed by atoms with Crippen LogP contribution in [0.3, 0.4) is 0 Å². The Labute approximate surface area is 114 Å². The summed E-state index contributed by atoms with van der Waals surface area (Å²) in [6, 6.07) is 7.21. The van der Waals surface area contributed by atoms with Crippen LogP contribution in [0, 0.1) is 0 Å². The Kier molecular flexibility index (Phi) is 6.58. The van der Waals surface area contributed by atoms with E-state index in [1.54, 1.807) is 6.07 Å². The number of carbonyl (C=O) groups excluding carboxylic acids is 1. The van der Waals surface area contributed by atoms with Crippen molar-refractivity contribution in [3.8, 4) is 0 Å². The Hall–Kier alpha value is -1.22. The van der Waals surface area contributed by atoms with Crippen LogP contribution in [0.2, 0.25) is 5.02 Å². The zero-order chi connectivity index (χ0) is 13.4. The van der Waals surface area contributed by atoms with Gasteiger partial charge in [0.2, 0.25) is 0 Å². The monoisotopic (exact) mass is 268 g/mol. The lowest BCUT2D eigenvalue weighted by atomic mass is 10.3. The fourth-order valence-corrected chi connectivity index (χ4v) is 1.87. The number of para-hydroxylation sites is 1. The van der Waals surface area contributed by atoms with Gasteiger partial charge in [-0.05, 0) is 25.0 Å². The minimum absolute atomic E-state index is 0.0709. The van der Waals surface area contributed by atoms with Crippen molar-refractivity contribution in [3.05, 3.63) is 29.3 Å². The predicted molar refractivity (Wildman–Crippen MR) is 77.2 cm³/mol. The lowest BCUT2D eigenvalue weighted by Crippen LogP contribution is -2.36. The van der Waals surface area contributed by atoms with Crippen LogP contribution in [0.15, 0.2) is 24.3 Å². The molecule has 0 aromatic heterocycles. The molecular formula is C14H21ClN2O. The van der Waals surface area contributed by atoms with Crippen LogP contribution in [0.4, 0.5) is 10.5 Å². The molecule has 0 saturated heterocycles. The standard InChI is InChI=1S/C14H21ClN2O/c1-3-5-11-17(10-4-2)14(18)16-13-9-7-6-8-12(13)15/h6-9H,3-5,10-11H2,1-2H3,(H,16,18). The lowest BCUT2D eigenvalue weighted by Gasteiger charge is -2.22. The van der Waals surface area contributed by atoms with Gasteiger partial charge in [0.1, 0.15) is 0 Å². The van der Waals surface area contributed by atoms with Crippen molar-refractivity contribution >= 4 is 23.3 Å². The van der Waals surface area contributed by atoms with Gasteiger partial charge in [-0.25, -0.2) is 4.79 Å².